The molecule has 0 bridgehead atoms. The largest absolute Gasteiger partial charge is 0.261 e. The van der Waals surface area contributed by atoms with Gasteiger partial charge in [-0.2, -0.15) is 0 Å². The smallest absolute Gasteiger partial charge is 0.101 e. The molecule has 0 aliphatic carbocycles. The highest BCUT2D eigenvalue weighted by molar-refractivity contribution is 6.16. The van der Waals surface area contributed by atoms with Crippen molar-refractivity contribution in [3.8, 4) is 22.5 Å². The summed E-state index contributed by atoms with van der Waals surface area (Å²) < 4.78 is 0. The molecule has 0 saturated heterocycles. The molecule has 7 heterocycles. The van der Waals surface area contributed by atoms with Crippen molar-refractivity contribution >= 4 is 78.6 Å². The molecule has 10 heteroatoms. The molecular formula is C58H52N10. The molecule has 10 aromatic rings. The minimum atomic E-state index is 0.238. The second kappa shape index (κ2) is 18.7. The molecule has 68 heavy (non-hydrogen) atoms. The fourth-order valence-corrected chi connectivity index (χ4v) is 9.47. The standard InChI is InChI=1S/C58H52N10/c1-7-11-27-58(6,10-4)36(5)15-16-38-17-18-39-21-25-44(66-50(39)42(38)13-8-2)48-54-56(64-33-31-62-54)49(57-55(48)63-32-34-65-57)45-26-23-41-20-19-40-22-24-43(67-52(40)53(41)68-45)47(46-35-59-29-30-60-46)51-37(9-3)14-12-28-61-51/h8-9,12-26,28-36H,7,10-11,27H2,1-6H3/b13-8-,16-15-,37-9-,51-47+. The van der Waals surface area contributed by atoms with Gasteiger partial charge in [0.05, 0.1) is 67.6 Å². The summed E-state index contributed by atoms with van der Waals surface area (Å²) in [6.45, 7) is 13.4. The predicted octanol–water partition coefficient (Wildman–Crippen LogP) is 12.1. The van der Waals surface area contributed by atoms with Gasteiger partial charge in [-0.15, -0.1) is 0 Å². The first kappa shape index (κ1) is 43.9. The number of hydrogen-bond acceptors (Lipinski definition) is 10. The average Bonchev–Trinajstić information content (AvgIpc) is 3.39. The van der Waals surface area contributed by atoms with Crippen molar-refractivity contribution in [3.05, 3.63) is 168 Å². The van der Waals surface area contributed by atoms with Gasteiger partial charge in [0.25, 0.3) is 0 Å². The van der Waals surface area contributed by atoms with Crippen LogP contribution in [0.25, 0.3) is 101 Å². The SMILES string of the molecule is C/C=C\c1c(/C=C\C(C)C(C)(CC)CCCC)ccc2ccc(-c3c4nccnc4c(-c4ccc5ccc6ccc(/C(c7cnccn7)=c7\nccc\c7=C\C)nc6c5n4)c4nccnc34)nc12. The van der Waals surface area contributed by atoms with Gasteiger partial charge < -0.3 is 0 Å². The molecule has 0 fully saturated rings. The van der Waals surface area contributed by atoms with Gasteiger partial charge in [0.2, 0.25) is 0 Å². The van der Waals surface area contributed by atoms with E-state index in [1.807, 2.05) is 37.3 Å². The van der Waals surface area contributed by atoms with Gasteiger partial charge in [0.15, 0.2) is 0 Å². The summed E-state index contributed by atoms with van der Waals surface area (Å²) in [6.07, 6.45) is 29.5. The Labute approximate surface area is 395 Å². The van der Waals surface area contributed by atoms with Crippen LogP contribution in [0.3, 0.4) is 0 Å². The molecule has 2 unspecified atom stereocenters. The zero-order valence-electron chi connectivity index (χ0n) is 39.3. The monoisotopic (exact) mass is 888 g/mol. The lowest BCUT2D eigenvalue weighted by Gasteiger charge is -2.33. The average molecular weight is 889 g/mol. The summed E-state index contributed by atoms with van der Waals surface area (Å²) in [4.78, 5) is 50.2. The van der Waals surface area contributed by atoms with E-state index in [1.165, 1.54) is 19.3 Å². The van der Waals surface area contributed by atoms with Crippen LogP contribution in [0.15, 0.2) is 135 Å². The van der Waals surface area contributed by atoms with Crippen LogP contribution in [-0.4, -0.2) is 49.8 Å². The fraction of sp³-hybridized carbons (Fsp3) is 0.207. The van der Waals surface area contributed by atoms with E-state index in [-0.39, 0.29) is 5.41 Å². The van der Waals surface area contributed by atoms with Gasteiger partial charge in [-0.25, -0.2) is 15.0 Å². The Hall–Kier alpha value is -7.98. The third-order valence-corrected chi connectivity index (χ3v) is 13.7. The van der Waals surface area contributed by atoms with Crippen molar-refractivity contribution < 1.29 is 0 Å². The van der Waals surface area contributed by atoms with E-state index in [0.717, 1.165) is 83.2 Å². The van der Waals surface area contributed by atoms with E-state index < -0.39 is 0 Å². The number of allylic oxidation sites excluding steroid dienone is 2. The van der Waals surface area contributed by atoms with Gasteiger partial charge >= 0.3 is 0 Å². The third-order valence-electron chi connectivity index (χ3n) is 13.7. The highest BCUT2D eigenvalue weighted by atomic mass is 14.9. The number of fused-ring (bicyclic) bond motifs is 6. The Kier molecular flexibility index (Phi) is 12.1. The molecule has 2 atom stereocenters. The van der Waals surface area contributed by atoms with E-state index in [0.29, 0.717) is 45.1 Å². The molecular weight excluding hydrogens is 837 g/mol. The minimum absolute atomic E-state index is 0.238. The fourth-order valence-electron chi connectivity index (χ4n) is 9.47. The molecule has 0 spiro atoms. The van der Waals surface area contributed by atoms with Crippen molar-refractivity contribution in [3.63, 3.8) is 0 Å². The van der Waals surface area contributed by atoms with Gasteiger partial charge in [0.1, 0.15) is 22.1 Å². The van der Waals surface area contributed by atoms with Crippen LogP contribution in [0, 0.1) is 11.3 Å². The molecule has 10 rings (SSSR count). The Morgan fingerprint density at radius 3 is 1.78 bits per heavy atom. The first-order valence-electron chi connectivity index (χ1n) is 23.6. The normalized spacial score (nSPS) is 14.2. The topological polar surface area (TPSA) is 129 Å². The molecule has 7 aromatic heterocycles. The Balaban J connectivity index is 1.15. The summed E-state index contributed by atoms with van der Waals surface area (Å²) >= 11 is 0. The predicted molar refractivity (Wildman–Crippen MR) is 278 cm³/mol. The Morgan fingerprint density at radius 2 is 1.18 bits per heavy atom. The number of pyridine rings is 4. The van der Waals surface area contributed by atoms with Crippen LogP contribution in [0.1, 0.15) is 89.7 Å². The number of aromatic nitrogens is 10. The number of unbranched alkanes of at least 4 members (excludes halogenated alkanes) is 1. The third kappa shape index (κ3) is 7.95. The number of benzene rings is 3. The first-order valence-corrected chi connectivity index (χ1v) is 23.6. The molecule has 0 radical (unpaired) electrons. The summed E-state index contributed by atoms with van der Waals surface area (Å²) in [5, 5.41) is 4.66. The Bertz CT molecular complexity index is 3680. The number of hydrogen-bond donors (Lipinski definition) is 0. The van der Waals surface area contributed by atoms with Crippen molar-refractivity contribution in [2.75, 3.05) is 0 Å². The Morgan fingerprint density at radius 1 is 0.588 bits per heavy atom. The maximum absolute atomic E-state index is 5.45. The second-order valence-corrected chi connectivity index (χ2v) is 17.7. The molecule has 0 aliphatic rings. The van der Waals surface area contributed by atoms with E-state index in [9.17, 15) is 0 Å². The van der Waals surface area contributed by atoms with Gasteiger partial charge in [-0.1, -0.05) is 126 Å². The molecule has 10 nitrogen and oxygen atoms in total. The molecule has 0 saturated carbocycles. The van der Waals surface area contributed by atoms with Crippen molar-refractivity contribution in [1.82, 2.24) is 49.8 Å². The lowest BCUT2D eigenvalue weighted by atomic mass is 9.72. The van der Waals surface area contributed by atoms with Crippen molar-refractivity contribution in [2.45, 2.75) is 67.2 Å². The van der Waals surface area contributed by atoms with Crippen LogP contribution in [0.4, 0.5) is 0 Å². The molecule has 334 valence electrons. The lowest BCUT2D eigenvalue weighted by Crippen LogP contribution is -2.31. The van der Waals surface area contributed by atoms with E-state index in [2.05, 4.69) is 112 Å². The van der Waals surface area contributed by atoms with Crippen molar-refractivity contribution in [2.24, 2.45) is 11.3 Å². The quantitative estimate of drug-likeness (QED) is 0.0863. The van der Waals surface area contributed by atoms with E-state index >= 15 is 0 Å². The maximum Gasteiger partial charge on any atom is 0.101 e. The molecule has 3 aromatic carbocycles. The van der Waals surface area contributed by atoms with Crippen LogP contribution in [0.2, 0.25) is 0 Å². The van der Waals surface area contributed by atoms with Crippen molar-refractivity contribution in [1.29, 1.82) is 0 Å². The summed E-state index contributed by atoms with van der Waals surface area (Å²) in [7, 11) is 0. The summed E-state index contributed by atoms with van der Waals surface area (Å²) in [5.74, 6) is 0.414. The molecule has 0 N–H and O–H groups in total. The highest BCUT2D eigenvalue weighted by Crippen LogP contribution is 2.42. The highest BCUT2D eigenvalue weighted by Gasteiger charge is 2.27. The van der Waals surface area contributed by atoms with Gasteiger partial charge in [-0.3, -0.25) is 34.9 Å². The number of rotatable bonds is 12. The van der Waals surface area contributed by atoms with Gasteiger partial charge in [-0.05, 0) is 66.6 Å². The van der Waals surface area contributed by atoms with Crippen LogP contribution >= 0.6 is 0 Å². The summed E-state index contributed by atoms with van der Waals surface area (Å²) in [5.41, 5.74) is 12.5. The van der Waals surface area contributed by atoms with Gasteiger partial charge in [0, 0.05) is 65.1 Å². The molecule has 0 amide bonds. The minimum Gasteiger partial charge on any atom is -0.261 e. The van der Waals surface area contributed by atoms with E-state index in [4.69, 9.17) is 44.9 Å². The first-order chi connectivity index (χ1) is 33.3. The second-order valence-electron chi connectivity index (χ2n) is 17.7. The number of nitrogens with zero attached hydrogens (tertiary/aromatic N) is 10. The summed E-state index contributed by atoms with van der Waals surface area (Å²) in [6, 6.07) is 24.9. The van der Waals surface area contributed by atoms with Crippen LogP contribution in [-0.2, 0) is 0 Å². The zero-order chi connectivity index (χ0) is 46.8. The lowest BCUT2D eigenvalue weighted by molar-refractivity contribution is 0.207. The van der Waals surface area contributed by atoms with E-state index in [1.54, 1.807) is 49.6 Å². The van der Waals surface area contributed by atoms with Crippen LogP contribution in [0.5, 0.6) is 0 Å². The molecule has 0 aliphatic heterocycles. The maximum atomic E-state index is 5.45. The van der Waals surface area contributed by atoms with Crippen LogP contribution < -0.4 is 10.6 Å². The zero-order valence-corrected chi connectivity index (χ0v) is 39.3.